The van der Waals surface area contributed by atoms with Gasteiger partial charge in [-0.15, -0.1) is 0 Å². The molecule has 4 rings (SSSR count). The standard InChI is InChI=1S/C23H30N4O5S/c1-18(23(28)25-19-5-7-21(8-6-19)26-9-13-31-14-10-26)24-20-3-2-4-22(17-20)33(29,30)27-11-15-32-16-12-27/h2-8,17-18,24H,9-16H2,1H3,(H,25,28)/t18-/m1/s1. The van der Waals surface area contributed by atoms with Gasteiger partial charge in [0.05, 0.1) is 31.3 Å². The fraction of sp³-hybridized carbons (Fsp3) is 0.435. The van der Waals surface area contributed by atoms with E-state index < -0.39 is 16.1 Å². The molecule has 0 aliphatic carbocycles. The van der Waals surface area contributed by atoms with Gasteiger partial charge in [0.25, 0.3) is 0 Å². The zero-order valence-electron chi connectivity index (χ0n) is 18.7. The number of amides is 1. The van der Waals surface area contributed by atoms with Crippen LogP contribution < -0.4 is 15.5 Å². The first-order chi connectivity index (χ1) is 15.9. The van der Waals surface area contributed by atoms with Gasteiger partial charge in [-0.2, -0.15) is 4.31 Å². The lowest BCUT2D eigenvalue weighted by Gasteiger charge is -2.29. The second-order valence-electron chi connectivity index (χ2n) is 8.05. The lowest BCUT2D eigenvalue weighted by molar-refractivity contribution is -0.116. The molecule has 2 fully saturated rings. The van der Waals surface area contributed by atoms with Crippen molar-refractivity contribution in [3.05, 3.63) is 48.5 Å². The van der Waals surface area contributed by atoms with Gasteiger partial charge in [0.1, 0.15) is 6.04 Å². The van der Waals surface area contributed by atoms with Crippen LogP contribution in [-0.4, -0.2) is 77.3 Å². The van der Waals surface area contributed by atoms with Gasteiger partial charge in [0.15, 0.2) is 0 Å². The van der Waals surface area contributed by atoms with E-state index in [2.05, 4.69) is 15.5 Å². The fourth-order valence-electron chi connectivity index (χ4n) is 3.83. The summed E-state index contributed by atoms with van der Waals surface area (Å²) in [6.45, 7) is 6.34. The summed E-state index contributed by atoms with van der Waals surface area (Å²) in [4.78, 5) is 15.1. The van der Waals surface area contributed by atoms with E-state index in [0.29, 0.717) is 37.7 Å². The molecular formula is C23H30N4O5S. The number of hydrogen-bond acceptors (Lipinski definition) is 7. The third kappa shape index (κ3) is 5.83. The molecule has 9 nitrogen and oxygen atoms in total. The number of benzene rings is 2. The number of sulfonamides is 1. The maximum atomic E-state index is 12.9. The van der Waals surface area contributed by atoms with Gasteiger partial charge in [0, 0.05) is 43.2 Å². The molecule has 1 atom stereocenters. The number of rotatable bonds is 7. The van der Waals surface area contributed by atoms with Gasteiger partial charge in [-0.25, -0.2) is 8.42 Å². The van der Waals surface area contributed by atoms with E-state index in [0.717, 1.165) is 32.0 Å². The van der Waals surface area contributed by atoms with Crippen molar-refractivity contribution < 1.29 is 22.7 Å². The minimum atomic E-state index is -3.60. The van der Waals surface area contributed by atoms with Gasteiger partial charge in [-0.1, -0.05) is 6.07 Å². The van der Waals surface area contributed by atoms with Gasteiger partial charge >= 0.3 is 0 Å². The molecule has 2 aliphatic rings. The second-order valence-corrected chi connectivity index (χ2v) is 9.98. The molecule has 0 unspecified atom stereocenters. The minimum absolute atomic E-state index is 0.195. The first-order valence-electron chi connectivity index (χ1n) is 11.1. The number of nitrogens with zero attached hydrogens (tertiary/aromatic N) is 2. The molecule has 2 aromatic rings. The van der Waals surface area contributed by atoms with E-state index in [1.807, 2.05) is 24.3 Å². The lowest BCUT2D eigenvalue weighted by atomic mass is 10.2. The number of hydrogen-bond donors (Lipinski definition) is 2. The Morgan fingerprint density at radius 3 is 2.21 bits per heavy atom. The summed E-state index contributed by atoms with van der Waals surface area (Å²) >= 11 is 0. The first kappa shape index (κ1) is 23.5. The van der Waals surface area contributed by atoms with Crippen molar-refractivity contribution in [3.63, 3.8) is 0 Å². The Kier molecular flexibility index (Phi) is 7.49. The van der Waals surface area contributed by atoms with E-state index >= 15 is 0 Å². The maximum absolute atomic E-state index is 12.9. The summed E-state index contributed by atoms with van der Waals surface area (Å²) in [5, 5.41) is 6.00. The van der Waals surface area contributed by atoms with Gasteiger partial charge < -0.3 is 25.0 Å². The minimum Gasteiger partial charge on any atom is -0.379 e. The maximum Gasteiger partial charge on any atom is 0.246 e. The summed E-state index contributed by atoms with van der Waals surface area (Å²) in [6, 6.07) is 13.7. The Balaban J connectivity index is 1.36. The van der Waals surface area contributed by atoms with E-state index in [4.69, 9.17) is 9.47 Å². The number of nitrogens with one attached hydrogen (secondary N) is 2. The van der Waals surface area contributed by atoms with E-state index in [9.17, 15) is 13.2 Å². The number of carbonyl (C=O) groups is 1. The van der Waals surface area contributed by atoms with E-state index in [-0.39, 0.29) is 10.8 Å². The van der Waals surface area contributed by atoms with Crippen LogP contribution in [0.25, 0.3) is 0 Å². The molecular weight excluding hydrogens is 444 g/mol. The third-order valence-electron chi connectivity index (χ3n) is 5.73. The van der Waals surface area contributed by atoms with Crippen LogP contribution in [0.2, 0.25) is 0 Å². The molecule has 0 bridgehead atoms. The van der Waals surface area contributed by atoms with Crippen molar-refractivity contribution in [2.75, 3.05) is 68.1 Å². The molecule has 0 radical (unpaired) electrons. The smallest absolute Gasteiger partial charge is 0.246 e. The highest BCUT2D eigenvalue weighted by Gasteiger charge is 2.26. The molecule has 2 N–H and O–H groups in total. The molecule has 2 saturated heterocycles. The predicted molar refractivity (Wildman–Crippen MR) is 127 cm³/mol. The van der Waals surface area contributed by atoms with Crippen molar-refractivity contribution in [3.8, 4) is 0 Å². The van der Waals surface area contributed by atoms with Crippen molar-refractivity contribution >= 4 is 33.0 Å². The van der Waals surface area contributed by atoms with Crippen LogP contribution in [0.4, 0.5) is 17.1 Å². The van der Waals surface area contributed by atoms with Crippen LogP contribution in [0.3, 0.4) is 0 Å². The number of ether oxygens (including phenoxy) is 2. The zero-order valence-corrected chi connectivity index (χ0v) is 19.5. The Hall–Kier alpha value is -2.66. The average Bonchev–Trinajstić information content (AvgIpc) is 2.85. The van der Waals surface area contributed by atoms with E-state index in [1.165, 1.54) is 4.31 Å². The van der Waals surface area contributed by atoms with Crippen LogP contribution in [0.15, 0.2) is 53.4 Å². The molecule has 0 saturated carbocycles. The van der Waals surface area contributed by atoms with Crippen molar-refractivity contribution in [2.45, 2.75) is 17.9 Å². The molecule has 178 valence electrons. The molecule has 33 heavy (non-hydrogen) atoms. The summed E-state index contributed by atoms with van der Waals surface area (Å²) in [5.74, 6) is -0.212. The largest absolute Gasteiger partial charge is 0.379 e. The summed E-state index contributed by atoms with van der Waals surface area (Å²) in [6.07, 6.45) is 0. The Labute approximate surface area is 194 Å². The molecule has 2 heterocycles. The highest BCUT2D eigenvalue weighted by atomic mass is 32.2. The summed E-state index contributed by atoms with van der Waals surface area (Å²) < 4.78 is 37.8. The highest BCUT2D eigenvalue weighted by Crippen LogP contribution is 2.22. The van der Waals surface area contributed by atoms with Crippen LogP contribution in [0.5, 0.6) is 0 Å². The second kappa shape index (κ2) is 10.5. The van der Waals surface area contributed by atoms with Gasteiger partial charge in [-0.05, 0) is 49.4 Å². The van der Waals surface area contributed by atoms with Crippen molar-refractivity contribution in [1.29, 1.82) is 0 Å². The Morgan fingerprint density at radius 2 is 1.55 bits per heavy atom. The van der Waals surface area contributed by atoms with Gasteiger partial charge in [-0.3, -0.25) is 4.79 Å². The predicted octanol–water partition coefficient (Wildman–Crippen LogP) is 1.98. The van der Waals surface area contributed by atoms with Gasteiger partial charge in [0.2, 0.25) is 15.9 Å². The molecule has 0 spiro atoms. The lowest BCUT2D eigenvalue weighted by Crippen LogP contribution is -2.40. The SMILES string of the molecule is C[C@@H](Nc1cccc(S(=O)(=O)N2CCOCC2)c1)C(=O)Nc1ccc(N2CCOCC2)cc1. The molecule has 2 aliphatic heterocycles. The fourth-order valence-corrected chi connectivity index (χ4v) is 5.28. The topological polar surface area (TPSA) is 100 Å². The zero-order chi connectivity index (χ0) is 23.3. The third-order valence-corrected chi connectivity index (χ3v) is 7.62. The highest BCUT2D eigenvalue weighted by molar-refractivity contribution is 7.89. The van der Waals surface area contributed by atoms with Crippen molar-refractivity contribution in [1.82, 2.24) is 4.31 Å². The van der Waals surface area contributed by atoms with Crippen LogP contribution in [-0.2, 0) is 24.3 Å². The Morgan fingerprint density at radius 1 is 0.909 bits per heavy atom. The van der Waals surface area contributed by atoms with E-state index in [1.54, 1.807) is 31.2 Å². The average molecular weight is 475 g/mol. The molecule has 0 aromatic heterocycles. The normalized spacial score (nSPS) is 18.5. The molecule has 1 amide bonds. The summed E-state index contributed by atoms with van der Waals surface area (Å²) in [7, 11) is -3.60. The monoisotopic (exact) mass is 474 g/mol. The quantitative estimate of drug-likeness (QED) is 0.633. The number of carbonyl (C=O) groups excluding carboxylic acids is 1. The molecule has 10 heteroatoms. The Bertz CT molecular complexity index is 1050. The van der Waals surface area contributed by atoms with Crippen LogP contribution in [0, 0.1) is 0 Å². The van der Waals surface area contributed by atoms with Crippen LogP contribution >= 0.6 is 0 Å². The number of morpholine rings is 2. The molecule has 2 aromatic carbocycles. The first-order valence-corrected chi connectivity index (χ1v) is 12.6. The number of anilines is 3. The summed E-state index contributed by atoms with van der Waals surface area (Å²) in [5.41, 5.74) is 2.37. The van der Waals surface area contributed by atoms with Crippen LogP contribution in [0.1, 0.15) is 6.92 Å². The van der Waals surface area contributed by atoms with Crippen molar-refractivity contribution in [2.24, 2.45) is 0 Å².